The van der Waals surface area contributed by atoms with Crippen molar-refractivity contribution in [2.24, 2.45) is 0 Å². The number of carbonyl (C=O) groups is 2. The molecule has 2 aromatic rings. The molecule has 0 aromatic heterocycles. The second-order valence-electron chi connectivity index (χ2n) is 5.38. The summed E-state index contributed by atoms with van der Waals surface area (Å²) in [6.07, 6.45) is -0.0269. The quantitative estimate of drug-likeness (QED) is 0.847. The van der Waals surface area contributed by atoms with Crippen LogP contribution in [0.1, 0.15) is 18.9 Å². The van der Waals surface area contributed by atoms with Crippen LogP contribution in [0.25, 0.3) is 0 Å². The van der Waals surface area contributed by atoms with Gasteiger partial charge in [-0.25, -0.2) is 8.78 Å². The maximum Gasteiger partial charge on any atom is 0.223 e. The highest BCUT2D eigenvalue weighted by Gasteiger charge is 2.17. The maximum atomic E-state index is 13.9. The minimum absolute atomic E-state index is 0.0216. The van der Waals surface area contributed by atoms with E-state index in [9.17, 15) is 18.4 Å². The minimum Gasteiger partial charge on any atom is -0.352 e. The van der Waals surface area contributed by atoms with Crippen LogP contribution in [0.2, 0.25) is 5.02 Å². The van der Waals surface area contributed by atoms with E-state index in [2.05, 4.69) is 5.32 Å². The van der Waals surface area contributed by atoms with Crippen LogP contribution in [0, 0.1) is 11.6 Å². The molecule has 0 bridgehead atoms. The molecule has 0 aliphatic heterocycles. The predicted molar refractivity (Wildman–Crippen MR) is 92.3 cm³/mol. The minimum atomic E-state index is -0.855. The molecule has 0 aliphatic carbocycles. The van der Waals surface area contributed by atoms with E-state index in [1.54, 1.807) is 18.2 Å². The fourth-order valence-corrected chi connectivity index (χ4v) is 2.49. The number of benzene rings is 2. The average molecular weight is 367 g/mol. The Kier molecular flexibility index (Phi) is 6.47. The summed E-state index contributed by atoms with van der Waals surface area (Å²) in [5.41, 5.74) is 0.707. The van der Waals surface area contributed by atoms with E-state index < -0.39 is 17.5 Å². The molecular formula is C18H17ClF2N2O2. The van der Waals surface area contributed by atoms with Crippen molar-refractivity contribution in [1.29, 1.82) is 0 Å². The van der Waals surface area contributed by atoms with Gasteiger partial charge in [-0.15, -0.1) is 0 Å². The Morgan fingerprint density at radius 2 is 1.88 bits per heavy atom. The lowest BCUT2D eigenvalue weighted by atomic mass is 10.2. The largest absolute Gasteiger partial charge is 0.352 e. The smallest absolute Gasteiger partial charge is 0.223 e. The summed E-state index contributed by atoms with van der Waals surface area (Å²) in [5, 5.41) is 3.24. The highest BCUT2D eigenvalue weighted by atomic mass is 35.5. The molecule has 0 aliphatic rings. The van der Waals surface area contributed by atoms with Gasteiger partial charge in [-0.3, -0.25) is 9.59 Å². The Morgan fingerprint density at radius 1 is 1.16 bits per heavy atom. The van der Waals surface area contributed by atoms with Crippen LogP contribution in [0.4, 0.5) is 14.5 Å². The van der Waals surface area contributed by atoms with E-state index in [1.165, 1.54) is 13.0 Å². The first-order valence-corrected chi connectivity index (χ1v) is 7.99. The zero-order chi connectivity index (χ0) is 18.4. The van der Waals surface area contributed by atoms with Gasteiger partial charge in [-0.2, -0.15) is 0 Å². The number of hydrogen-bond acceptors (Lipinski definition) is 2. The van der Waals surface area contributed by atoms with Crippen molar-refractivity contribution in [3.8, 4) is 0 Å². The van der Waals surface area contributed by atoms with E-state index in [-0.39, 0.29) is 31.1 Å². The van der Waals surface area contributed by atoms with Crippen molar-refractivity contribution in [3.05, 3.63) is 64.7 Å². The summed E-state index contributed by atoms with van der Waals surface area (Å²) in [4.78, 5) is 24.8. The lowest BCUT2D eigenvalue weighted by Gasteiger charge is -2.21. The van der Waals surface area contributed by atoms with Gasteiger partial charge in [0.15, 0.2) is 0 Å². The van der Waals surface area contributed by atoms with Gasteiger partial charge in [-0.05, 0) is 23.8 Å². The molecule has 0 saturated heterocycles. The Balaban J connectivity index is 1.95. The third-order valence-electron chi connectivity index (χ3n) is 3.58. The zero-order valence-corrected chi connectivity index (χ0v) is 14.3. The summed E-state index contributed by atoms with van der Waals surface area (Å²) < 4.78 is 26.9. The topological polar surface area (TPSA) is 49.4 Å². The van der Waals surface area contributed by atoms with E-state index >= 15 is 0 Å². The number of nitrogens with one attached hydrogen (secondary N) is 1. The highest BCUT2D eigenvalue weighted by Crippen LogP contribution is 2.20. The number of rotatable bonds is 6. The molecule has 0 radical (unpaired) electrons. The van der Waals surface area contributed by atoms with Crippen LogP contribution < -0.4 is 10.2 Å². The molecule has 25 heavy (non-hydrogen) atoms. The van der Waals surface area contributed by atoms with Gasteiger partial charge in [0.05, 0.1) is 5.69 Å². The lowest BCUT2D eigenvalue weighted by Crippen LogP contribution is -2.34. The van der Waals surface area contributed by atoms with E-state index in [1.807, 2.05) is 6.07 Å². The number of anilines is 1. The molecule has 0 heterocycles. The Bertz CT molecular complexity index is 783. The Hall–Kier alpha value is -2.47. The number of amides is 2. The van der Waals surface area contributed by atoms with Gasteiger partial charge in [-0.1, -0.05) is 29.8 Å². The first kappa shape index (κ1) is 18.9. The second kappa shape index (κ2) is 8.58. The van der Waals surface area contributed by atoms with Crippen LogP contribution in [-0.2, 0) is 16.1 Å². The van der Waals surface area contributed by atoms with Crippen LogP contribution in [0.5, 0.6) is 0 Å². The van der Waals surface area contributed by atoms with Gasteiger partial charge in [0.2, 0.25) is 11.8 Å². The number of hydrogen-bond donors (Lipinski definition) is 1. The normalized spacial score (nSPS) is 10.4. The Labute approximate surface area is 149 Å². The standard InChI is InChI=1S/C18H17ClF2N2O2/c1-12(24)23(17-7-6-14(20)10-16(17)21)9-8-18(25)22-11-13-4-2-3-5-15(13)19/h2-7,10H,8-9,11H2,1H3,(H,22,25). The van der Waals surface area contributed by atoms with Crippen LogP contribution in [-0.4, -0.2) is 18.4 Å². The molecule has 1 N–H and O–H groups in total. The zero-order valence-electron chi connectivity index (χ0n) is 13.6. The van der Waals surface area contributed by atoms with Crippen LogP contribution >= 0.6 is 11.6 Å². The molecule has 132 valence electrons. The predicted octanol–water partition coefficient (Wildman–Crippen LogP) is 3.68. The van der Waals surface area contributed by atoms with Gasteiger partial charge >= 0.3 is 0 Å². The molecule has 0 unspecified atom stereocenters. The van der Waals surface area contributed by atoms with Crippen LogP contribution in [0.3, 0.4) is 0 Å². The maximum absolute atomic E-state index is 13.9. The van der Waals surface area contributed by atoms with E-state index in [0.717, 1.165) is 16.5 Å². The first-order valence-electron chi connectivity index (χ1n) is 7.61. The highest BCUT2D eigenvalue weighted by molar-refractivity contribution is 6.31. The molecule has 0 saturated carbocycles. The third kappa shape index (κ3) is 5.26. The van der Waals surface area contributed by atoms with Gasteiger partial charge in [0.1, 0.15) is 11.6 Å². The average Bonchev–Trinajstić information content (AvgIpc) is 2.55. The number of nitrogens with zero attached hydrogens (tertiary/aromatic N) is 1. The summed E-state index contributed by atoms with van der Waals surface area (Å²) in [7, 11) is 0. The van der Waals surface area contributed by atoms with Gasteiger partial charge in [0, 0.05) is 37.5 Å². The van der Waals surface area contributed by atoms with Crippen molar-refractivity contribution >= 4 is 29.1 Å². The fraction of sp³-hybridized carbons (Fsp3) is 0.222. The first-order chi connectivity index (χ1) is 11.9. The monoisotopic (exact) mass is 366 g/mol. The molecule has 2 rings (SSSR count). The number of carbonyl (C=O) groups excluding carboxylic acids is 2. The molecule has 2 aromatic carbocycles. The van der Waals surface area contributed by atoms with Gasteiger partial charge in [0.25, 0.3) is 0 Å². The molecule has 4 nitrogen and oxygen atoms in total. The Morgan fingerprint density at radius 3 is 2.52 bits per heavy atom. The lowest BCUT2D eigenvalue weighted by molar-refractivity contribution is -0.121. The molecule has 0 fully saturated rings. The van der Waals surface area contributed by atoms with Crippen molar-refractivity contribution in [2.75, 3.05) is 11.4 Å². The fourth-order valence-electron chi connectivity index (χ4n) is 2.28. The van der Waals surface area contributed by atoms with Crippen LogP contribution in [0.15, 0.2) is 42.5 Å². The third-order valence-corrected chi connectivity index (χ3v) is 3.95. The van der Waals surface area contributed by atoms with Crippen molar-refractivity contribution in [1.82, 2.24) is 5.32 Å². The SMILES string of the molecule is CC(=O)N(CCC(=O)NCc1ccccc1Cl)c1ccc(F)cc1F. The molecule has 7 heteroatoms. The van der Waals surface area contributed by atoms with Crippen molar-refractivity contribution in [2.45, 2.75) is 19.9 Å². The number of halogens is 3. The summed E-state index contributed by atoms with van der Waals surface area (Å²) >= 11 is 6.01. The van der Waals surface area contributed by atoms with Gasteiger partial charge < -0.3 is 10.2 Å². The molecule has 0 atom stereocenters. The van der Waals surface area contributed by atoms with Crippen molar-refractivity contribution in [3.63, 3.8) is 0 Å². The summed E-state index contributed by atoms with van der Waals surface area (Å²) in [6, 6.07) is 10.0. The van der Waals surface area contributed by atoms with E-state index in [4.69, 9.17) is 11.6 Å². The summed E-state index contributed by atoms with van der Waals surface area (Å²) in [6.45, 7) is 1.49. The molecule has 0 spiro atoms. The summed E-state index contributed by atoms with van der Waals surface area (Å²) in [5.74, 6) is -2.34. The van der Waals surface area contributed by atoms with Crippen molar-refractivity contribution < 1.29 is 18.4 Å². The van der Waals surface area contributed by atoms with E-state index in [0.29, 0.717) is 11.1 Å². The molecular weight excluding hydrogens is 350 g/mol. The second-order valence-corrected chi connectivity index (χ2v) is 5.79. The molecule has 2 amide bonds.